The van der Waals surface area contributed by atoms with E-state index in [0.29, 0.717) is 6.04 Å². The molecule has 1 saturated heterocycles. The summed E-state index contributed by atoms with van der Waals surface area (Å²) in [4.78, 5) is 9.27. The van der Waals surface area contributed by atoms with Crippen LogP contribution in [0.2, 0.25) is 0 Å². The molecule has 120 valence electrons. The quantitative estimate of drug-likeness (QED) is 0.867. The summed E-state index contributed by atoms with van der Waals surface area (Å²) in [7, 11) is 4.34. The van der Waals surface area contributed by atoms with E-state index in [2.05, 4.69) is 60.1 Å². The van der Waals surface area contributed by atoms with Crippen molar-refractivity contribution in [3.8, 4) is 0 Å². The van der Waals surface area contributed by atoms with Gasteiger partial charge in [0.2, 0.25) is 5.89 Å². The van der Waals surface area contributed by atoms with E-state index in [1.807, 2.05) is 0 Å². The molecule has 1 aromatic rings. The molecule has 1 aromatic heterocycles. The molecule has 21 heavy (non-hydrogen) atoms. The second-order valence-corrected chi connectivity index (χ2v) is 7.13. The first-order chi connectivity index (χ1) is 9.83. The zero-order chi connectivity index (χ0) is 15.5. The lowest BCUT2D eigenvalue weighted by Gasteiger charge is -2.37. The highest BCUT2D eigenvalue weighted by Crippen LogP contribution is 2.11. The summed E-state index contributed by atoms with van der Waals surface area (Å²) in [6.45, 7) is 10.6. The Kier molecular flexibility index (Phi) is 5.35. The Hall–Kier alpha value is -0.980. The van der Waals surface area contributed by atoms with Gasteiger partial charge in [0.25, 0.3) is 0 Å². The highest BCUT2D eigenvalue weighted by molar-refractivity contribution is 4.93. The third kappa shape index (κ3) is 5.37. The Bertz CT molecular complexity index is 440. The van der Waals surface area contributed by atoms with Crippen molar-refractivity contribution in [2.24, 2.45) is 0 Å². The van der Waals surface area contributed by atoms with Gasteiger partial charge in [-0.15, -0.1) is 0 Å². The second-order valence-electron chi connectivity index (χ2n) is 7.13. The van der Waals surface area contributed by atoms with Gasteiger partial charge in [-0.2, -0.15) is 4.98 Å². The molecule has 0 spiro atoms. The number of nitrogens with zero attached hydrogens (tertiary/aromatic N) is 4. The molecule has 0 aromatic carbocycles. The van der Waals surface area contributed by atoms with E-state index >= 15 is 0 Å². The van der Waals surface area contributed by atoms with E-state index in [-0.39, 0.29) is 5.54 Å². The van der Waals surface area contributed by atoms with E-state index in [9.17, 15) is 0 Å². The van der Waals surface area contributed by atoms with Crippen LogP contribution in [0, 0.1) is 0 Å². The zero-order valence-corrected chi connectivity index (χ0v) is 14.0. The lowest BCUT2D eigenvalue weighted by Crippen LogP contribution is -2.50. The molecule has 0 saturated carbocycles. The number of nitrogens with one attached hydrogen (secondary N) is 1. The van der Waals surface area contributed by atoms with Crippen molar-refractivity contribution < 1.29 is 4.52 Å². The third-order valence-electron chi connectivity index (χ3n) is 3.90. The van der Waals surface area contributed by atoms with Crippen molar-refractivity contribution in [3.63, 3.8) is 0 Å². The molecule has 0 radical (unpaired) electrons. The first-order valence-electron chi connectivity index (χ1n) is 7.79. The van der Waals surface area contributed by atoms with Crippen molar-refractivity contribution >= 4 is 0 Å². The minimum atomic E-state index is 0.123. The average molecular weight is 295 g/mol. The van der Waals surface area contributed by atoms with Crippen molar-refractivity contribution in [2.75, 3.05) is 40.3 Å². The predicted octanol–water partition coefficient (Wildman–Crippen LogP) is 0.789. The van der Waals surface area contributed by atoms with Crippen molar-refractivity contribution in [1.82, 2.24) is 25.3 Å². The number of hydrogen-bond acceptors (Lipinski definition) is 6. The van der Waals surface area contributed by atoms with Crippen LogP contribution < -0.4 is 5.32 Å². The minimum Gasteiger partial charge on any atom is -0.339 e. The minimum absolute atomic E-state index is 0.123. The van der Waals surface area contributed by atoms with Crippen LogP contribution >= 0.6 is 0 Å². The van der Waals surface area contributed by atoms with E-state index in [1.165, 1.54) is 0 Å². The van der Waals surface area contributed by atoms with Gasteiger partial charge in [0, 0.05) is 50.6 Å². The molecular weight excluding hydrogens is 266 g/mol. The highest BCUT2D eigenvalue weighted by atomic mass is 16.5. The molecule has 1 aliphatic rings. The number of piperazine rings is 1. The van der Waals surface area contributed by atoms with Crippen LogP contribution in [0.4, 0.5) is 0 Å². The summed E-state index contributed by atoms with van der Waals surface area (Å²) < 4.78 is 5.35. The number of rotatable bonds is 5. The highest BCUT2D eigenvalue weighted by Gasteiger charge is 2.24. The fourth-order valence-corrected chi connectivity index (χ4v) is 2.55. The van der Waals surface area contributed by atoms with Gasteiger partial charge in [0.1, 0.15) is 0 Å². The van der Waals surface area contributed by atoms with Gasteiger partial charge in [-0.05, 0) is 34.9 Å². The topological polar surface area (TPSA) is 57.4 Å². The third-order valence-corrected chi connectivity index (χ3v) is 3.90. The molecular formula is C15H29N5O. The fraction of sp³-hybridized carbons (Fsp3) is 0.867. The average Bonchev–Trinajstić information content (AvgIpc) is 2.80. The first-order valence-corrected chi connectivity index (χ1v) is 7.79. The molecule has 1 atom stereocenters. The maximum Gasteiger partial charge on any atom is 0.227 e. The van der Waals surface area contributed by atoms with E-state index < -0.39 is 0 Å². The lowest BCUT2D eigenvalue weighted by molar-refractivity contribution is 0.113. The van der Waals surface area contributed by atoms with E-state index in [4.69, 9.17) is 4.52 Å². The van der Waals surface area contributed by atoms with Gasteiger partial charge in [-0.3, -0.25) is 0 Å². The lowest BCUT2D eigenvalue weighted by atomic mass is 10.1. The summed E-state index contributed by atoms with van der Waals surface area (Å²) in [5, 5.41) is 7.56. The molecule has 0 amide bonds. The zero-order valence-electron chi connectivity index (χ0n) is 14.0. The normalized spacial score (nSPS) is 21.9. The van der Waals surface area contributed by atoms with Gasteiger partial charge >= 0.3 is 0 Å². The van der Waals surface area contributed by atoms with Crippen LogP contribution in [0.15, 0.2) is 4.52 Å². The number of likely N-dealkylation sites (N-methyl/N-ethyl adjacent to an activating group) is 2. The molecule has 0 aliphatic carbocycles. The molecule has 1 aliphatic heterocycles. The molecule has 6 nitrogen and oxygen atoms in total. The van der Waals surface area contributed by atoms with Gasteiger partial charge < -0.3 is 19.6 Å². The monoisotopic (exact) mass is 295 g/mol. The summed E-state index contributed by atoms with van der Waals surface area (Å²) >= 11 is 0. The Morgan fingerprint density at radius 2 is 2.05 bits per heavy atom. The maximum absolute atomic E-state index is 5.35. The summed E-state index contributed by atoms with van der Waals surface area (Å²) in [5.41, 5.74) is 0.123. The van der Waals surface area contributed by atoms with Crippen molar-refractivity contribution in [2.45, 2.75) is 45.2 Å². The fourth-order valence-electron chi connectivity index (χ4n) is 2.55. The van der Waals surface area contributed by atoms with Crippen LogP contribution in [0.1, 0.15) is 32.5 Å². The molecule has 1 N–H and O–H groups in total. The standard InChI is InChI=1S/C15H29N5O/c1-15(2,3)16-7-6-14-17-13(18-21-14)10-12-11-19(4)8-9-20(12)5/h12,16H,6-11H2,1-5H3. The van der Waals surface area contributed by atoms with E-state index in [0.717, 1.165) is 50.7 Å². The van der Waals surface area contributed by atoms with Crippen LogP contribution in [0.25, 0.3) is 0 Å². The van der Waals surface area contributed by atoms with Crippen LogP contribution in [0.5, 0.6) is 0 Å². The number of hydrogen-bond donors (Lipinski definition) is 1. The Balaban J connectivity index is 1.82. The second kappa shape index (κ2) is 6.85. The van der Waals surface area contributed by atoms with Crippen LogP contribution in [-0.2, 0) is 12.8 Å². The SMILES string of the molecule is CN1CCN(C)C(Cc2noc(CCNC(C)(C)C)n2)C1. The Morgan fingerprint density at radius 3 is 2.76 bits per heavy atom. The molecule has 0 bridgehead atoms. The van der Waals surface area contributed by atoms with E-state index in [1.54, 1.807) is 0 Å². The van der Waals surface area contributed by atoms with Crippen molar-refractivity contribution in [3.05, 3.63) is 11.7 Å². The largest absolute Gasteiger partial charge is 0.339 e. The predicted molar refractivity (Wildman–Crippen MR) is 83.4 cm³/mol. The summed E-state index contributed by atoms with van der Waals surface area (Å²) in [6, 6.07) is 0.474. The Labute approximate surface area is 127 Å². The van der Waals surface area contributed by atoms with Gasteiger partial charge in [0.05, 0.1) is 0 Å². The Morgan fingerprint density at radius 1 is 1.29 bits per heavy atom. The van der Waals surface area contributed by atoms with Crippen LogP contribution in [-0.4, -0.2) is 71.8 Å². The van der Waals surface area contributed by atoms with Gasteiger partial charge in [-0.1, -0.05) is 5.16 Å². The molecule has 1 fully saturated rings. The number of aromatic nitrogens is 2. The molecule has 2 rings (SSSR count). The first kappa shape index (κ1) is 16.4. The van der Waals surface area contributed by atoms with Crippen molar-refractivity contribution in [1.29, 1.82) is 0 Å². The van der Waals surface area contributed by atoms with Crippen LogP contribution in [0.3, 0.4) is 0 Å². The molecule has 1 unspecified atom stereocenters. The van der Waals surface area contributed by atoms with Gasteiger partial charge in [0.15, 0.2) is 5.82 Å². The smallest absolute Gasteiger partial charge is 0.227 e. The molecule has 6 heteroatoms. The maximum atomic E-state index is 5.35. The summed E-state index contributed by atoms with van der Waals surface area (Å²) in [5.74, 6) is 1.56. The molecule has 2 heterocycles. The van der Waals surface area contributed by atoms with Gasteiger partial charge in [-0.25, -0.2) is 0 Å². The summed E-state index contributed by atoms with van der Waals surface area (Å²) in [6.07, 6.45) is 1.64.